The highest BCUT2D eigenvalue weighted by atomic mass is 32.2. The summed E-state index contributed by atoms with van der Waals surface area (Å²) in [4.78, 5) is 29.0. The highest BCUT2D eigenvalue weighted by Gasteiger charge is 2.38. The van der Waals surface area contributed by atoms with Crippen LogP contribution in [0, 0.1) is 0 Å². The molecule has 0 fully saturated rings. The van der Waals surface area contributed by atoms with E-state index in [0.717, 1.165) is 11.2 Å². The van der Waals surface area contributed by atoms with Crippen LogP contribution in [0.5, 0.6) is 0 Å². The molecule has 6 nitrogen and oxygen atoms in total. The van der Waals surface area contributed by atoms with Crippen molar-refractivity contribution in [3.8, 4) is 0 Å². The van der Waals surface area contributed by atoms with Gasteiger partial charge in [0.05, 0.1) is 22.9 Å². The molecule has 0 spiro atoms. The molecule has 0 N–H and O–H groups in total. The van der Waals surface area contributed by atoms with Crippen LogP contribution in [-0.2, 0) is 9.84 Å². The number of imide groups is 1. The Hall–Kier alpha value is -2.24. The molecule has 2 rings (SSSR count). The number of nitrogens with zero attached hydrogens (tertiary/aromatic N) is 2. The van der Waals surface area contributed by atoms with Gasteiger partial charge in [-0.15, -0.1) is 0 Å². The van der Waals surface area contributed by atoms with Crippen molar-refractivity contribution >= 4 is 27.5 Å². The number of hydrogen-bond donors (Lipinski definition) is 0. The number of hydrogen-bond acceptors (Lipinski definition) is 5. The molecule has 1 aromatic rings. The maximum Gasteiger partial charge on any atom is 0.261 e. The molecule has 0 aliphatic carbocycles. The van der Waals surface area contributed by atoms with Crippen LogP contribution in [0.1, 0.15) is 20.7 Å². The number of amides is 2. The van der Waals surface area contributed by atoms with E-state index < -0.39 is 26.9 Å². The van der Waals surface area contributed by atoms with Gasteiger partial charge in [0.15, 0.2) is 9.84 Å². The zero-order chi connectivity index (χ0) is 15.6. The van der Waals surface area contributed by atoms with Gasteiger partial charge in [-0.3, -0.25) is 14.5 Å². The summed E-state index contributed by atoms with van der Waals surface area (Å²) in [6.07, 6.45) is 1.05. The quantitative estimate of drug-likeness (QED) is 0.587. The monoisotopic (exact) mass is 306 g/mol. The lowest BCUT2D eigenvalue weighted by Crippen LogP contribution is -2.41. The first-order valence-electron chi connectivity index (χ1n) is 6.19. The van der Waals surface area contributed by atoms with Crippen LogP contribution in [0.3, 0.4) is 0 Å². The molecule has 1 aromatic carbocycles. The van der Waals surface area contributed by atoms with Crippen molar-refractivity contribution in [3.63, 3.8) is 0 Å². The van der Waals surface area contributed by atoms with E-state index in [2.05, 4.69) is 17.4 Å². The SMILES string of the molecule is C=C=NCC(CN1C(=O)c2ccccc2C1=O)S(C)(=O)=O. The molecule has 1 atom stereocenters. The average Bonchev–Trinajstić information content (AvgIpc) is 2.67. The van der Waals surface area contributed by atoms with E-state index >= 15 is 0 Å². The first-order valence-corrected chi connectivity index (χ1v) is 8.14. The Kier molecular flexibility index (Phi) is 4.06. The smallest absolute Gasteiger partial charge is 0.261 e. The van der Waals surface area contributed by atoms with Crippen molar-refractivity contribution in [1.82, 2.24) is 4.90 Å². The van der Waals surface area contributed by atoms with E-state index in [1.165, 1.54) is 0 Å². The standard InChI is InChI=1S/C14H14N2O4S/c1-3-15-8-10(21(2,19)20)9-16-13(17)11-6-4-5-7-12(11)14(16)18/h4-7,10H,1,8-9H2,2H3. The van der Waals surface area contributed by atoms with Crippen LogP contribution in [0.2, 0.25) is 0 Å². The Morgan fingerprint density at radius 2 is 1.76 bits per heavy atom. The van der Waals surface area contributed by atoms with E-state index in [9.17, 15) is 18.0 Å². The zero-order valence-corrected chi connectivity index (χ0v) is 12.3. The predicted octanol–water partition coefficient (Wildman–Crippen LogP) is 0.552. The summed E-state index contributed by atoms with van der Waals surface area (Å²) >= 11 is 0. The van der Waals surface area contributed by atoms with Crippen LogP contribution < -0.4 is 0 Å². The van der Waals surface area contributed by atoms with Gasteiger partial charge in [-0.2, -0.15) is 0 Å². The maximum absolute atomic E-state index is 12.2. The van der Waals surface area contributed by atoms with Crippen molar-refractivity contribution in [2.24, 2.45) is 4.99 Å². The molecule has 1 aliphatic rings. The molecule has 110 valence electrons. The van der Waals surface area contributed by atoms with Gasteiger partial charge in [-0.05, 0) is 24.6 Å². The fourth-order valence-electron chi connectivity index (χ4n) is 2.10. The van der Waals surface area contributed by atoms with Gasteiger partial charge in [0.1, 0.15) is 0 Å². The number of carbonyl (C=O) groups excluding carboxylic acids is 2. The van der Waals surface area contributed by atoms with E-state index in [1.807, 2.05) is 0 Å². The van der Waals surface area contributed by atoms with Crippen LogP contribution in [-0.4, -0.2) is 55.6 Å². The minimum absolute atomic E-state index is 0.0876. The summed E-state index contributed by atoms with van der Waals surface area (Å²) in [6.45, 7) is 2.96. The molecule has 1 unspecified atom stereocenters. The Bertz CT molecular complexity index is 713. The van der Waals surface area contributed by atoms with Gasteiger partial charge in [-0.25, -0.2) is 13.4 Å². The van der Waals surface area contributed by atoms with Gasteiger partial charge in [-0.1, -0.05) is 12.1 Å². The molecule has 0 bridgehead atoms. The summed E-state index contributed by atoms with van der Waals surface area (Å²) in [5, 5.41) is -0.964. The predicted molar refractivity (Wildman–Crippen MR) is 78.4 cm³/mol. The molecule has 1 heterocycles. The molecule has 21 heavy (non-hydrogen) atoms. The largest absolute Gasteiger partial charge is 0.273 e. The fourth-order valence-corrected chi connectivity index (χ4v) is 2.87. The van der Waals surface area contributed by atoms with Crippen molar-refractivity contribution in [2.75, 3.05) is 19.3 Å². The molecular weight excluding hydrogens is 292 g/mol. The highest BCUT2D eigenvalue weighted by molar-refractivity contribution is 7.91. The number of carbonyl (C=O) groups is 2. The second-order valence-electron chi connectivity index (χ2n) is 4.72. The Morgan fingerprint density at radius 1 is 1.24 bits per heavy atom. The third-order valence-electron chi connectivity index (χ3n) is 3.28. The molecule has 0 aromatic heterocycles. The normalized spacial score (nSPS) is 15.6. The van der Waals surface area contributed by atoms with Crippen LogP contribution >= 0.6 is 0 Å². The van der Waals surface area contributed by atoms with Gasteiger partial charge >= 0.3 is 0 Å². The molecular formula is C14H14N2O4S. The second-order valence-corrected chi connectivity index (χ2v) is 7.04. The van der Waals surface area contributed by atoms with Gasteiger partial charge in [0.2, 0.25) is 0 Å². The second kappa shape index (κ2) is 5.63. The van der Waals surface area contributed by atoms with Crippen LogP contribution in [0.15, 0.2) is 35.8 Å². The van der Waals surface area contributed by atoms with E-state index in [4.69, 9.17) is 0 Å². The average molecular weight is 306 g/mol. The molecule has 7 heteroatoms. The third kappa shape index (κ3) is 2.94. The van der Waals surface area contributed by atoms with Gasteiger partial charge < -0.3 is 0 Å². The lowest BCUT2D eigenvalue weighted by atomic mass is 10.1. The van der Waals surface area contributed by atoms with Crippen LogP contribution in [0.4, 0.5) is 0 Å². The lowest BCUT2D eigenvalue weighted by molar-refractivity contribution is 0.0655. The molecule has 0 radical (unpaired) electrons. The highest BCUT2D eigenvalue weighted by Crippen LogP contribution is 2.23. The lowest BCUT2D eigenvalue weighted by Gasteiger charge is -2.19. The topological polar surface area (TPSA) is 83.9 Å². The van der Waals surface area contributed by atoms with Gasteiger partial charge in [0, 0.05) is 12.8 Å². The number of aliphatic imine (C=N–C) groups is 1. The molecule has 2 amide bonds. The summed E-state index contributed by atoms with van der Waals surface area (Å²) in [5.74, 6) is 1.30. The Morgan fingerprint density at radius 3 is 2.19 bits per heavy atom. The minimum Gasteiger partial charge on any atom is -0.273 e. The minimum atomic E-state index is -3.47. The number of benzene rings is 1. The van der Waals surface area contributed by atoms with Crippen molar-refractivity contribution in [2.45, 2.75) is 5.25 Å². The van der Waals surface area contributed by atoms with Crippen molar-refractivity contribution in [3.05, 3.63) is 42.0 Å². The summed E-state index contributed by atoms with van der Waals surface area (Å²) in [7, 11) is -3.47. The fraction of sp³-hybridized carbons (Fsp3) is 0.286. The third-order valence-corrected chi connectivity index (χ3v) is 4.79. The molecule has 0 saturated carbocycles. The Labute approximate surface area is 122 Å². The first kappa shape index (κ1) is 15.2. The summed E-state index contributed by atoms with van der Waals surface area (Å²) < 4.78 is 23.5. The van der Waals surface area contributed by atoms with E-state index in [-0.39, 0.29) is 13.1 Å². The van der Waals surface area contributed by atoms with Crippen molar-refractivity contribution < 1.29 is 18.0 Å². The summed E-state index contributed by atoms with van der Waals surface area (Å²) in [6, 6.07) is 6.41. The van der Waals surface area contributed by atoms with E-state index in [0.29, 0.717) is 11.1 Å². The number of sulfone groups is 1. The maximum atomic E-state index is 12.2. The molecule has 0 saturated heterocycles. The van der Waals surface area contributed by atoms with Gasteiger partial charge in [0.25, 0.3) is 11.8 Å². The Balaban J connectivity index is 2.29. The first-order chi connectivity index (χ1) is 9.86. The molecule has 1 aliphatic heterocycles. The summed E-state index contributed by atoms with van der Waals surface area (Å²) in [5.41, 5.74) is 0.587. The van der Waals surface area contributed by atoms with E-state index in [1.54, 1.807) is 24.3 Å². The number of rotatable bonds is 5. The number of fused-ring (bicyclic) bond motifs is 1. The zero-order valence-electron chi connectivity index (χ0n) is 11.4. The van der Waals surface area contributed by atoms with Crippen molar-refractivity contribution in [1.29, 1.82) is 0 Å². The van der Waals surface area contributed by atoms with Crippen LogP contribution in [0.25, 0.3) is 0 Å².